The second-order valence-corrected chi connectivity index (χ2v) is 3.89. The fourth-order valence-corrected chi connectivity index (χ4v) is 2.13. The SMILES string of the molecule is CNN1CC(C(=O)OC)Cc2ccccc21. The summed E-state index contributed by atoms with van der Waals surface area (Å²) in [5.74, 6) is -0.234. The summed E-state index contributed by atoms with van der Waals surface area (Å²) in [6.07, 6.45) is 0.751. The van der Waals surface area contributed by atoms with Crippen LogP contribution in [0.25, 0.3) is 0 Å². The van der Waals surface area contributed by atoms with Crippen LogP contribution in [0, 0.1) is 5.92 Å². The van der Waals surface area contributed by atoms with Crippen LogP contribution in [-0.4, -0.2) is 26.7 Å². The maximum atomic E-state index is 11.6. The highest BCUT2D eigenvalue weighted by atomic mass is 16.5. The number of nitrogens with one attached hydrogen (secondary N) is 1. The molecule has 1 aromatic rings. The van der Waals surface area contributed by atoms with E-state index in [0.29, 0.717) is 6.54 Å². The molecular weight excluding hydrogens is 204 g/mol. The minimum absolute atomic E-state index is 0.0904. The first-order valence-corrected chi connectivity index (χ1v) is 5.37. The average molecular weight is 220 g/mol. The number of benzene rings is 1. The molecule has 0 spiro atoms. The third-order valence-electron chi connectivity index (χ3n) is 2.96. The highest BCUT2D eigenvalue weighted by Gasteiger charge is 2.29. The van der Waals surface area contributed by atoms with Crippen LogP contribution >= 0.6 is 0 Å². The zero-order valence-corrected chi connectivity index (χ0v) is 9.56. The van der Waals surface area contributed by atoms with Crippen molar-refractivity contribution >= 4 is 11.7 Å². The molecule has 0 fully saturated rings. The monoisotopic (exact) mass is 220 g/mol. The van der Waals surface area contributed by atoms with Gasteiger partial charge in [-0.2, -0.15) is 0 Å². The van der Waals surface area contributed by atoms with Gasteiger partial charge in [0.05, 0.1) is 18.7 Å². The van der Waals surface area contributed by atoms with Crippen LogP contribution in [0.5, 0.6) is 0 Å². The molecule has 0 radical (unpaired) electrons. The molecule has 0 bridgehead atoms. The zero-order valence-electron chi connectivity index (χ0n) is 9.56. The number of hydrogen-bond donors (Lipinski definition) is 1. The van der Waals surface area contributed by atoms with E-state index in [-0.39, 0.29) is 11.9 Å². The Balaban J connectivity index is 2.28. The Labute approximate surface area is 95.2 Å². The molecule has 1 N–H and O–H groups in total. The van der Waals surface area contributed by atoms with Gasteiger partial charge in [-0.15, -0.1) is 0 Å². The molecule has 0 amide bonds. The maximum absolute atomic E-state index is 11.6. The van der Waals surface area contributed by atoms with Crippen LogP contribution in [0.2, 0.25) is 0 Å². The lowest BCUT2D eigenvalue weighted by Gasteiger charge is -2.34. The lowest BCUT2D eigenvalue weighted by atomic mass is 9.93. The van der Waals surface area contributed by atoms with Gasteiger partial charge in [0, 0.05) is 13.6 Å². The normalized spacial score (nSPS) is 19.1. The maximum Gasteiger partial charge on any atom is 0.310 e. The summed E-state index contributed by atoms with van der Waals surface area (Å²) in [6, 6.07) is 8.10. The second kappa shape index (κ2) is 4.53. The summed E-state index contributed by atoms with van der Waals surface area (Å²) in [4.78, 5) is 11.6. The van der Waals surface area contributed by atoms with Crippen molar-refractivity contribution in [1.29, 1.82) is 0 Å². The summed E-state index contributed by atoms with van der Waals surface area (Å²) in [7, 11) is 3.29. The van der Waals surface area contributed by atoms with Crippen LogP contribution in [-0.2, 0) is 16.0 Å². The van der Waals surface area contributed by atoms with Crippen molar-refractivity contribution in [1.82, 2.24) is 5.43 Å². The molecule has 86 valence electrons. The lowest BCUT2D eigenvalue weighted by molar-refractivity contribution is -0.145. The van der Waals surface area contributed by atoms with Gasteiger partial charge in [0.25, 0.3) is 0 Å². The predicted molar refractivity (Wildman–Crippen MR) is 62.1 cm³/mol. The Morgan fingerprint density at radius 3 is 2.94 bits per heavy atom. The minimum atomic E-state index is -0.144. The Kier molecular flexibility index (Phi) is 3.10. The Morgan fingerprint density at radius 1 is 1.50 bits per heavy atom. The van der Waals surface area contributed by atoms with Crippen molar-refractivity contribution in [3.05, 3.63) is 29.8 Å². The Hall–Kier alpha value is -1.55. The van der Waals surface area contributed by atoms with E-state index in [4.69, 9.17) is 4.74 Å². The summed E-state index contributed by atoms with van der Waals surface area (Å²) in [5.41, 5.74) is 5.42. The third kappa shape index (κ3) is 1.88. The molecule has 4 nitrogen and oxygen atoms in total. The van der Waals surface area contributed by atoms with E-state index in [1.165, 1.54) is 12.7 Å². The number of hydrazine groups is 1. The molecule has 0 aliphatic carbocycles. The van der Waals surface area contributed by atoms with Crippen LogP contribution in [0.15, 0.2) is 24.3 Å². The van der Waals surface area contributed by atoms with Crippen LogP contribution < -0.4 is 10.4 Å². The summed E-state index contributed by atoms with van der Waals surface area (Å²) in [5, 5.41) is 1.99. The first-order valence-electron chi connectivity index (χ1n) is 5.37. The van der Waals surface area contributed by atoms with Crippen molar-refractivity contribution < 1.29 is 9.53 Å². The number of esters is 1. The van der Waals surface area contributed by atoms with Crippen molar-refractivity contribution in [2.24, 2.45) is 5.92 Å². The van der Waals surface area contributed by atoms with Gasteiger partial charge >= 0.3 is 5.97 Å². The molecule has 2 rings (SSSR count). The van der Waals surface area contributed by atoms with Crippen LogP contribution in [0.3, 0.4) is 0 Å². The van der Waals surface area contributed by atoms with Crippen molar-refractivity contribution in [3.63, 3.8) is 0 Å². The second-order valence-electron chi connectivity index (χ2n) is 3.89. The number of anilines is 1. The van der Waals surface area contributed by atoms with E-state index < -0.39 is 0 Å². The molecule has 4 heteroatoms. The predicted octanol–water partition coefficient (Wildman–Crippen LogP) is 0.973. The van der Waals surface area contributed by atoms with E-state index in [2.05, 4.69) is 17.6 Å². The van der Waals surface area contributed by atoms with E-state index in [0.717, 1.165) is 12.1 Å². The zero-order chi connectivity index (χ0) is 11.5. The van der Waals surface area contributed by atoms with Gasteiger partial charge in [0.15, 0.2) is 0 Å². The molecule has 0 saturated heterocycles. The van der Waals surface area contributed by atoms with Crippen molar-refractivity contribution in [3.8, 4) is 0 Å². The molecule has 16 heavy (non-hydrogen) atoms. The number of rotatable bonds is 2. The molecule has 0 saturated carbocycles. The van der Waals surface area contributed by atoms with E-state index in [1.54, 1.807) is 0 Å². The van der Waals surface area contributed by atoms with Crippen molar-refractivity contribution in [2.45, 2.75) is 6.42 Å². The molecule has 1 aliphatic rings. The van der Waals surface area contributed by atoms with Gasteiger partial charge in [-0.25, -0.2) is 5.43 Å². The third-order valence-corrected chi connectivity index (χ3v) is 2.96. The number of methoxy groups -OCH3 is 1. The quantitative estimate of drug-likeness (QED) is 0.754. The summed E-state index contributed by atoms with van der Waals surface area (Å²) >= 11 is 0. The Morgan fingerprint density at radius 2 is 2.25 bits per heavy atom. The number of ether oxygens (including phenoxy) is 1. The van der Waals surface area contributed by atoms with E-state index in [1.807, 2.05) is 24.2 Å². The number of para-hydroxylation sites is 1. The molecular formula is C12H16N2O2. The van der Waals surface area contributed by atoms with Crippen molar-refractivity contribution in [2.75, 3.05) is 25.7 Å². The largest absolute Gasteiger partial charge is 0.469 e. The fraction of sp³-hybridized carbons (Fsp3) is 0.417. The molecule has 1 aliphatic heterocycles. The summed E-state index contributed by atoms with van der Waals surface area (Å²) < 4.78 is 4.80. The van der Waals surface area contributed by atoms with Gasteiger partial charge in [0.2, 0.25) is 0 Å². The first kappa shape index (κ1) is 11.0. The standard InChI is InChI=1S/C12H16N2O2/c1-13-14-8-10(12(15)16-2)7-9-5-3-4-6-11(9)14/h3-6,10,13H,7-8H2,1-2H3. The number of nitrogens with zero attached hydrogens (tertiary/aromatic N) is 1. The smallest absolute Gasteiger partial charge is 0.310 e. The average Bonchev–Trinajstić information content (AvgIpc) is 2.36. The van der Waals surface area contributed by atoms with Crippen LogP contribution in [0.4, 0.5) is 5.69 Å². The Bertz CT molecular complexity index is 392. The summed E-state index contributed by atoms with van der Waals surface area (Å²) in [6.45, 7) is 0.653. The molecule has 1 unspecified atom stereocenters. The van der Waals surface area contributed by atoms with Gasteiger partial charge in [-0.05, 0) is 18.1 Å². The molecule has 0 aromatic heterocycles. The number of carbonyl (C=O) groups is 1. The highest BCUT2D eigenvalue weighted by molar-refractivity contribution is 5.75. The number of carbonyl (C=O) groups excluding carboxylic acids is 1. The first-order chi connectivity index (χ1) is 7.76. The topological polar surface area (TPSA) is 41.6 Å². The van der Waals surface area contributed by atoms with E-state index >= 15 is 0 Å². The van der Waals surface area contributed by atoms with Gasteiger partial charge < -0.3 is 9.75 Å². The molecule has 1 atom stereocenters. The molecule has 1 heterocycles. The number of fused-ring (bicyclic) bond motifs is 1. The van der Waals surface area contributed by atoms with Gasteiger partial charge in [0.1, 0.15) is 0 Å². The van der Waals surface area contributed by atoms with E-state index in [9.17, 15) is 4.79 Å². The fourth-order valence-electron chi connectivity index (χ4n) is 2.13. The highest BCUT2D eigenvalue weighted by Crippen LogP contribution is 2.28. The number of hydrogen-bond acceptors (Lipinski definition) is 4. The van der Waals surface area contributed by atoms with Gasteiger partial charge in [-0.3, -0.25) is 4.79 Å². The molecule has 1 aromatic carbocycles. The lowest BCUT2D eigenvalue weighted by Crippen LogP contribution is -2.45. The van der Waals surface area contributed by atoms with Gasteiger partial charge in [-0.1, -0.05) is 18.2 Å². The minimum Gasteiger partial charge on any atom is -0.469 e. The van der Waals surface area contributed by atoms with Crippen LogP contribution in [0.1, 0.15) is 5.56 Å².